The van der Waals surface area contributed by atoms with Crippen LogP contribution in [0.4, 0.5) is 17.3 Å². The van der Waals surface area contributed by atoms with Crippen molar-refractivity contribution < 1.29 is 4.79 Å². The Morgan fingerprint density at radius 2 is 1.56 bits per heavy atom. The van der Waals surface area contributed by atoms with E-state index in [0.717, 1.165) is 10.2 Å². The van der Waals surface area contributed by atoms with E-state index in [0.29, 0.717) is 22.8 Å². The van der Waals surface area contributed by atoms with Crippen molar-refractivity contribution in [3.05, 3.63) is 76.5 Å². The fourth-order valence-electron chi connectivity index (χ4n) is 2.00. The molecule has 3 rings (SSSR count). The van der Waals surface area contributed by atoms with Crippen LogP contribution >= 0.6 is 15.9 Å². The highest BCUT2D eigenvalue weighted by Gasteiger charge is 2.08. The summed E-state index contributed by atoms with van der Waals surface area (Å²) in [6.45, 7) is 0. The first-order chi connectivity index (χ1) is 12.1. The third-order valence-corrected chi connectivity index (χ3v) is 3.81. The van der Waals surface area contributed by atoms with Crippen molar-refractivity contribution in [3.8, 4) is 6.07 Å². The van der Waals surface area contributed by atoms with Gasteiger partial charge in [-0.2, -0.15) is 5.26 Å². The summed E-state index contributed by atoms with van der Waals surface area (Å²) in [5.41, 5.74) is 2.31. The summed E-state index contributed by atoms with van der Waals surface area (Å²) in [6, 6.07) is 16.2. The van der Waals surface area contributed by atoms with Crippen LogP contribution in [0.15, 0.2) is 65.4 Å². The Morgan fingerprint density at radius 3 is 2.16 bits per heavy atom. The summed E-state index contributed by atoms with van der Waals surface area (Å²) in [6.07, 6.45) is 2.90. The van der Waals surface area contributed by atoms with Gasteiger partial charge in [-0.25, -0.2) is 9.97 Å². The molecule has 25 heavy (non-hydrogen) atoms. The van der Waals surface area contributed by atoms with Crippen LogP contribution in [0.5, 0.6) is 0 Å². The van der Waals surface area contributed by atoms with Crippen LogP contribution in [0.1, 0.15) is 15.9 Å². The molecule has 0 saturated carbocycles. The van der Waals surface area contributed by atoms with Crippen molar-refractivity contribution in [1.29, 1.82) is 5.26 Å². The number of nitriles is 1. The Hall–Kier alpha value is -3.24. The molecule has 0 radical (unpaired) electrons. The lowest BCUT2D eigenvalue weighted by Crippen LogP contribution is -2.13. The Labute approximate surface area is 152 Å². The predicted octanol–water partition coefficient (Wildman–Crippen LogP) is 4.11. The van der Waals surface area contributed by atoms with Crippen LogP contribution in [0.2, 0.25) is 0 Å². The van der Waals surface area contributed by atoms with E-state index in [1.807, 2.05) is 30.3 Å². The van der Waals surface area contributed by atoms with Crippen molar-refractivity contribution in [2.24, 2.45) is 0 Å². The molecular weight excluding hydrogens is 382 g/mol. The average Bonchev–Trinajstić information content (AvgIpc) is 2.65. The molecule has 7 heteroatoms. The molecule has 2 aromatic carbocycles. The largest absolute Gasteiger partial charge is 0.324 e. The second-order valence-electron chi connectivity index (χ2n) is 5.07. The highest BCUT2D eigenvalue weighted by molar-refractivity contribution is 9.10. The first-order valence-corrected chi connectivity index (χ1v) is 8.09. The third kappa shape index (κ3) is 4.40. The van der Waals surface area contributed by atoms with E-state index in [-0.39, 0.29) is 5.91 Å². The molecule has 6 nitrogen and oxygen atoms in total. The summed E-state index contributed by atoms with van der Waals surface area (Å²) in [7, 11) is 0. The van der Waals surface area contributed by atoms with Gasteiger partial charge in [0.1, 0.15) is 0 Å². The molecule has 1 heterocycles. The van der Waals surface area contributed by atoms with E-state index in [9.17, 15) is 4.79 Å². The number of amides is 1. The smallest absolute Gasteiger partial charge is 0.258 e. The maximum Gasteiger partial charge on any atom is 0.258 e. The molecule has 0 aliphatic heterocycles. The zero-order valence-electron chi connectivity index (χ0n) is 12.9. The number of benzene rings is 2. The van der Waals surface area contributed by atoms with Gasteiger partial charge in [-0.1, -0.05) is 15.9 Å². The first-order valence-electron chi connectivity index (χ1n) is 7.30. The van der Waals surface area contributed by atoms with E-state index in [4.69, 9.17) is 5.26 Å². The van der Waals surface area contributed by atoms with Gasteiger partial charge in [0.2, 0.25) is 5.95 Å². The van der Waals surface area contributed by atoms with Gasteiger partial charge < -0.3 is 10.6 Å². The minimum Gasteiger partial charge on any atom is -0.324 e. The van der Waals surface area contributed by atoms with Gasteiger partial charge in [0, 0.05) is 28.2 Å². The first kappa shape index (κ1) is 16.6. The molecule has 1 aromatic heterocycles. The molecular formula is C18H12BrN5O. The fourth-order valence-corrected chi connectivity index (χ4v) is 2.27. The molecule has 0 spiro atoms. The van der Waals surface area contributed by atoms with Gasteiger partial charge in [-0.05, 0) is 48.5 Å². The Balaban J connectivity index is 1.65. The van der Waals surface area contributed by atoms with E-state index < -0.39 is 0 Å². The van der Waals surface area contributed by atoms with E-state index >= 15 is 0 Å². The Morgan fingerprint density at radius 1 is 0.960 bits per heavy atom. The lowest BCUT2D eigenvalue weighted by molar-refractivity contribution is 0.102. The number of hydrogen-bond donors (Lipinski definition) is 2. The van der Waals surface area contributed by atoms with Crippen LogP contribution in [-0.2, 0) is 0 Å². The molecule has 122 valence electrons. The molecule has 0 aliphatic rings. The highest BCUT2D eigenvalue weighted by atomic mass is 79.9. The molecule has 0 bridgehead atoms. The van der Waals surface area contributed by atoms with Crippen LogP contribution in [0, 0.1) is 11.3 Å². The quantitative estimate of drug-likeness (QED) is 0.695. The molecule has 0 fully saturated rings. The van der Waals surface area contributed by atoms with Crippen molar-refractivity contribution in [2.45, 2.75) is 0 Å². The second-order valence-corrected chi connectivity index (χ2v) is 5.99. The lowest BCUT2D eigenvalue weighted by Gasteiger charge is -2.07. The maximum atomic E-state index is 12.2. The van der Waals surface area contributed by atoms with E-state index in [2.05, 4.69) is 36.5 Å². The number of rotatable bonds is 4. The van der Waals surface area contributed by atoms with Gasteiger partial charge in [0.25, 0.3) is 5.91 Å². The van der Waals surface area contributed by atoms with E-state index in [1.54, 1.807) is 24.3 Å². The van der Waals surface area contributed by atoms with Gasteiger partial charge >= 0.3 is 0 Å². The number of nitrogens with zero attached hydrogens (tertiary/aromatic N) is 3. The number of hydrogen-bond acceptors (Lipinski definition) is 5. The lowest BCUT2D eigenvalue weighted by atomic mass is 10.2. The fraction of sp³-hybridized carbons (Fsp3) is 0. The standard InChI is InChI=1S/C18H12BrN5O/c19-14-3-7-16(8-4-14)24-18-21-10-13(11-22-18)17(25)23-15-5-1-12(9-20)2-6-15/h1-8,10-11H,(H,23,25)(H,21,22,24). The number of carbonyl (C=O) groups excluding carboxylic acids is 1. The summed E-state index contributed by atoms with van der Waals surface area (Å²) in [5, 5.41) is 14.6. The van der Waals surface area contributed by atoms with Gasteiger partial charge in [-0.3, -0.25) is 4.79 Å². The number of nitrogens with one attached hydrogen (secondary N) is 2. The normalized spacial score (nSPS) is 9.92. The maximum absolute atomic E-state index is 12.2. The Bertz CT molecular complexity index is 916. The molecule has 0 unspecified atom stereocenters. The number of anilines is 3. The molecule has 1 amide bonds. The summed E-state index contributed by atoms with van der Waals surface area (Å²) in [4.78, 5) is 20.5. The summed E-state index contributed by atoms with van der Waals surface area (Å²) >= 11 is 3.37. The predicted molar refractivity (Wildman–Crippen MR) is 98.6 cm³/mol. The summed E-state index contributed by atoms with van der Waals surface area (Å²) in [5.74, 6) is 0.0807. The topological polar surface area (TPSA) is 90.7 Å². The van der Waals surface area contributed by atoms with Crippen LogP contribution in [0.3, 0.4) is 0 Å². The minimum absolute atomic E-state index is 0.320. The molecule has 0 atom stereocenters. The van der Waals surface area contributed by atoms with E-state index in [1.165, 1.54) is 12.4 Å². The Kier molecular flexibility index (Phi) is 5.02. The monoisotopic (exact) mass is 393 g/mol. The van der Waals surface area contributed by atoms with Gasteiger partial charge in [0.15, 0.2) is 0 Å². The molecule has 2 N–H and O–H groups in total. The summed E-state index contributed by atoms with van der Waals surface area (Å²) < 4.78 is 0.980. The zero-order valence-corrected chi connectivity index (χ0v) is 14.5. The highest BCUT2D eigenvalue weighted by Crippen LogP contribution is 2.17. The SMILES string of the molecule is N#Cc1ccc(NC(=O)c2cnc(Nc3ccc(Br)cc3)nc2)cc1. The van der Waals surface area contributed by atoms with Crippen molar-refractivity contribution in [1.82, 2.24) is 9.97 Å². The number of carbonyl (C=O) groups is 1. The van der Waals surface area contributed by atoms with Crippen molar-refractivity contribution in [3.63, 3.8) is 0 Å². The van der Waals surface area contributed by atoms with Crippen LogP contribution in [0.25, 0.3) is 0 Å². The third-order valence-electron chi connectivity index (χ3n) is 3.29. The van der Waals surface area contributed by atoms with Crippen molar-refractivity contribution in [2.75, 3.05) is 10.6 Å². The number of aromatic nitrogens is 2. The number of halogens is 1. The molecule has 0 aliphatic carbocycles. The second kappa shape index (κ2) is 7.55. The minimum atomic E-state index is -0.320. The zero-order chi connectivity index (χ0) is 17.6. The van der Waals surface area contributed by atoms with Gasteiger partial charge in [-0.15, -0.1) is 0 Å². The van der Waals surface area contributed by atoms with Gasteiger partial charge in [0.05, 0.1) is 17.2 Å². The van der Waals surface area contributed by atoms with Crippen molar-refractivity contribution >= 4 is 39.2 Å². The molecule has 0 saturated heterocycles. The average molecular weight is 394 g/mol. The van der Waals surface area contributed by atoms with Crippen LogP contribution in [-0.4, -0.2) is 15.9 Å². The molecule has 3 aromatic rings. The van der Waals surface area contributed by atoms with Crippen LogP contribution < -0.4 is 10.6 Å².